The maximum Gasteiger partial charge on any atom is 0.326 e. The summed E-state index contributed by atoms with van der Waals surface area (Å²) in [5, 5.41) is 0.374. The normalized spacial score (nSPS) is 10.5. The van der Waals surface area contributed by atoms with Gasteiger partial charge in [0.2, 0.25) is 0 Å². The first-order valence-electron chi connectivity index (χ1n) is 10.5. The van der Waals surface area contributed by atoms with Crippen molar-refractivity contribution in [1.29, 1.82) is 0 Å². The molecule has 0 radical (unpaired) electrons. The molecule has 3 rings (SSSR count). The zero-order chi connectivity index (χ0) is 23.8. The molecule has 0 spiro atoms. The van der Waals surface area contributed by atoms with Gasteiger partial charge in [0.05, 0.1) is 17.2 Å². The fourth-order valence-corrected chi connectivity index (χ4v) is 3.20. The number of hydrazine groups is 1. The van der Waals surface area contributed by atoms with E-state index < -0.39 is 30.9 Å². The molecular formula is C23H25N5O5. The molecule has 10 heteroatoms. The molecule has 33 heavy (non-hydrogen) atoms. The van der Waals surface area contributed by atoms with Gasteiger partial charge in [-0.1, -0.05) is 12.1 Å². The molecule has 0 aliphatic heterocycles. The van der Waals surface area contributed by atoms with Gasteiger partial charge >= 0.3 is 5.97 Å². The number of fused-ring (bicyclic) bond motifs is 1. The van der Waals surface area contributed by atoms with Gasteiger partial charge in [0, 0.05) is 24.3 Å². The summed E-state index contributed by atoms with van der Waals surface area (Å²) in [4.78, 5) is 54.8. The minimum atomic E-state index is -0.789. The van der Waals surface area contributed by atoms with Crippen LogP contribution in [0.5, 0.6) is 0 Å². The Kier molecular flexibility index (Phi) is 7.74. The van der Waals surface area contributed by atoms with Crippen LogP contribution >= 0.6 is 0 Å². The van der Waals surface area contributed by atoms with Crippen LogP contribution in [0, 0.1) is 0 Å². The molecule has 0 bridgehead atoms. The fourth-order valence-electron chi connectivity index (χ4n) is 3.20. The lowest BCUT2D eigenvalue weighted by Crippen LogP contribution is -2.43. The molecule has 0 fully saturated rings. The number of hydrogen-bond donors (Lipinski definition) is 2. The number of hydrogen-bond acceptors (Lipinski definition) is 7. The Hall–Kier alpha value is -4.21. The van der Waals surface area contributed by atoms with Gasteiger partial charge in [0.1, 0.15) is 6.54 Å². The van der Waals surface area contributed by atoms with Gasteiger partial charge in [-0.3, -0.25) is 34.6 Å². The van der Waals surface area contributed by atoms with Crippen molar-refractivity contribution in [2.75, 3.05) is 24.6 Å². The Morgan fingerprint density at radius 1 is 1.00 bits per heavy atom. The molecule has 1 heterocycles. The summed E-state index contributed by atoms with van der Waals surface area (Å²) < 4.78 is 5.99. The van der Waals surface area contributed by atoms with E-state index >= 15 is 0 Å². The summed E-state index contributed by atoms with van der Waals surface area (Å²) in [6.07, 6.45) is 1.25. The van der Waals surface area contributed by atoms with Crippen LogP contribution in [0.3, 0.4) is 0 Å². The van der Waals surface area contributed by atoms with E-state index in [0.717, 1.165) is 23.3 Å². The standard InChI is InChI=1S/C23H25N5O5/c1-3-27(4-2)17-11-9-16(10-12-17)22(31)26-25-20(29)14-33-21(30)13-28-15-24-19-8-6-5-7-18(19)23(28)32/h5-12,15H,3-4,13-14H2,1-2H3,(H,25,29)(H,26,31). The number of nitrogens with one attached hydrogen (secondary N) is 2. The van der Waals surface area contributed by atoms with Crippen LogP contribution in [0.1, 0.15) is 24.2 Å². The van der Waals surface area contributed by atoms with E-state index in [-0.39, 0.29) is 5.56 Å². The Morgan fingerprint density at radius 3 is 2.39 bits per heavy atom. The summed E-state index contributed by atoms with van der Waals surface area (Å²) in [5.41, 5.74) is 5.95. The predicted molar refractivity (Wildman–Crippen MR) is 123 cm³/mol. The molecule has 2 amide bonds. The Balaban J connectivity index is 1.46. The Bertz CT molecular complexity index is 1200. The van der Waals surface area contributed by atoms with E-state index in [1.54, 1.807) is 36.4 Å². The second-order valence-corrected chi connectivity index (χ2v) is 7.08. The maximum absolute atomic E-state index is 12.4. The van der Waals surface area contributed by atoms with Crippen LogP contribution in [0.4, 0.5) is 5.69 Å². The van der Waals surface area contributed by atoms with Crippen molar-refractivity contribution in [1.82, 2.24) is 20.4 Å². The smallest absolute Gasteiger partial charge is 0.326 e. The van der Waals surface area contributed by atoms with Gasteiger partial charge in [-0.15, -0.1) is 0 Å². The van der Waals surface area contributed by atoms with Gasteiger partial charge in [0.15, 0.2) is 6.61 Å². The molecular weight excluding hydrogens is 426 g/mol. The van der Waals surface area contributed by atoms with E-state index in [1.807, 2.05) is 26.0 Å². The zero-order valence-corrected chi connectivity index (χ0v) is 18.4. The summed E-state index contributed by atoms with van der Waals surface area (Å²) in [6.45, 7) is 4.78. The van der Waals surface area contributed by atoms with E-state index in [4.69, 9.17) is 4.74 Å². The van der Waals surface area contributed by atoms with Crippen molar-refractivity contribution >= 4 is 34.4 Å². The molecule has 0 aliphatic carbocycles. The third kappa shape index (κ3) is 5.94. The van der Waals surface area contributed by atoms with Crippen molar-refractivity contribution in [2.45, 2.75) is 20.4 Å². The summed E-state index contributed by atoms with van der Waals surface area (Å²) in [5.74, 6) is -2.02. The molecule has 0 atom stereocenters. The summed E-state index contributed by atoms with van der Waals surface area (Å²) in [7, 11) is 0. The second kappa shape index (κ2) is 10.9. The molecule has 2 aromatic carbocycles. The molecule has 1 aromatic heterocycles. The largest absolute Gasteiger partial charge is 0.454 e. The number of ether oxygens (including phenoxy) is 1. The summed E-state index contributed by atoms with van der Waals surface area (Å²) in [6, 6.07) is 13.7. The SMILES string of the molecule is CCN(CC)c1ccc(C(=O)NNC(=O)COC(=O)Cn2cnc3ccccc3c2=O)cc1. The number of aromatic nitrogens is 2. The summed E-state index contributed by atoms with van der Waals surface area (Å²) >= 11 is 0. The third-order valence-corrected chi connectivity index (χ3v) is 4.97. The fraction of sp³-hybridized carbons (Fsp3) is 0.261. The monoisotopic (exact) mass is 451 g/mol. The number of rotatable bonds is 8. The number of benzene rings is 2. The Morgan fingerprint density at radius 2 is 1.70 bits per heavy atom. The van der Waals surface area contributed by atoms with Gasteiger partial charge in [-0.2, -0.15) is 0 Å². The van der Waals surface area contributed by atoms with Crippen molar-refractivity contribution in [3.63, 3.8) is 0 Å². The number of anilines is 1. The van der Waals surface area contributed by atoms with E-state index in [2.05, 4.69) is 20.7 Å². The number of nitrogens with zero attached hydrogens (tertiary/aromatic N) is 3. The molecule has 3 aromatic rings. The van der Waals surface area contributed by atoms with Crippen molar-refractivity contribution < 1.29 is 19.1 Å². The van der Waals surface area contributed by atoms with Gasteiger partial charge in [0.25, 0.3) is 17.4 Å². The first-order valence-corrected chi connectivity index (χ1v) is 10.5. The number of para-hydroxylation sites is 1. The highest BCUT2D eigenvalue weighted by Crippen LogP contribution is 2.14. The highest BCUT2D eigenvalue weighted by Gasteiger charge is 2.13. The van der Waals surface area contributed by atoms with Crippen LogP contribution in [0.25, 0.3) is 10.9 Å². The van der Waals surface area contributed by atoms with Crippen LogP contribution in [-0.4, -0.2) is 47.0 Å². The van der Waals surface area contributed by atoms with Gasteiger partial charge in [-0.25, -0.2) is 4.98 Å². The highest BCUT2D eigenvalue weighted by atomic mass is 16.5. The zero-order valence-electron chi connectivity index (χ0n) is 18.4. The second-order valence-electron chi connectivity index (χ2n) is 7.08. The predicted octanol–water partition coefficient (Wildman–Crippen LogP) is 1.25. The molecule has 2 N–H and O–H groups in total. The van der Waals surface area contributed by atoms with Crippen molar-refractivity contribution in [3.8, 4) is 0 Å². The van der Waals surface area contributed by atoms with Crippen LogP contribution in [0.15, 0.2) is 59.7 Å². The van der Waals surface area contributed by atoms with Crippen LogP contribution in [0.2, 0.25) is 0 Å². The molecule has 172 valence electrons. The maximum atomic E-state index is 12.4. The van der Waals surface area contributed by atoms with Gasteiger partial charge < -0.3 is 9.64 Å². The minimum absolute atomic E-state index is 0.367. The van der Waals surface area contributed by atoms with E-state index in [1.165, 1.54) is 6.33 Å². The minimum Gasteiger partial charge on any atom is -0.454 e. The van der Waals surface area contributed by atoms with Crippen molar-refractivity contribution in [2.24, 2.45) is 0 Å². The topological polar surface area (TPSA) is 123 Å². The lowest BCUT2D eigenvalue weighted by Gasteiger charge is -2.21. The van der Waals surface area contributed by atoms with Crippen LogP contribution < -0.4 is 21.3 Å². The van der Waals surface area contributed by atoms with E-state index in [9.17, 15) is 19.2 Å². The number of carbonyl (C=O) groups excluding carboxylic acids is 3. The molecule has 0 aliphatic rings. The first kappa shape index (κ1) is 23.5. The molecule has 10 nitrogen and oxygen atoms in total. The lowest BCUT2D eigenvalue weighted by atomic mass is 10.2. The third-order valence-electron chi connectivity index (χ3n) is 4.97. The van der Waals surface area contributed by atoms with Crippen molar-refractivity contribution in [3.05, 3.63) is 70.8 Å². The average molecular weight is 451 g/mol. The quantitative estimate of drug-likeness (QED) is 0.390. The first-order chi connectivity index (χ1) is 15.9. The lowest BCUT2D eigenvalue weighted by molar-refractivity contribution is -0.149. The molecule has 0 unspecified atom stereocenters. The number of amides is 2. The van der Waals surface area contributed by atoms with E-state index in [0.29, 0.717) is 16.5 Å². The Labute approximate surface area is 190 Å². The highest BCUT2D eigenvalue weighted by molar-refractivity contribution is 5.95. The van der Waals surface area contributed by atoms with Crippen LogP contribution in [-0.2, 0) is 20.9 Å². The number of carbonyl (C=O) groups is 3. The van der Waals surface area contributed by atoms with Gasteiger partial charge in [-0.05, 0) is 50.2 Å². The molecule has 0 saturated carbocycles. The molecule has 0 saturated heterocycles. The number of esters is 1. The average Bonchev–Trinajstić information content (AvgIpc) is 2.84.